The van der Waals surface area contributed by atoms with Crippen LogP contribution in [0.4, 0.5) is 4.39 Å². The van der Waals surface area contributed by atoms with Gasteiger partial charge in [0.25, 0.3) is 5.91 Å². The van der Waals surface area contributed by atoms with Gasteiger partial charge in [-0.1, -0.05) is 39.0 Å². The Morgan fingerprint density at radius 2 is 1.88 bits per heavy atom. The molecule has 7 nitrogen and oxygen atoms in total. The van der Waals surface area contributed by atoms with Crippen LogP contribution in [-0.4, -0.2) is 35.2 Å². The zero-order valence-corrected chi connectivity index (χ0v) is 23.1. The molecule has 4 aromatic rings. The number of furan rings is 2. The Kier molecular flexibility index (Phi) is 7.52. The van der Waals surface area contributed by atoms with Crippen molar-refractivity contribution in [1.29, 1.82) is 0 Å². The molecule has 1 aliphatic heterocycles. The van der Waals surface area contributed by atoms with Crippen molar-refractivity contribution < 1.29 is 27.6 Å². The zero-order valence-electron chi connectivity index (χ0n) is 23.1. The molecule has 0 saturated heterocycles. The topological polar surface area (TPSA) is 76.1 Å². The van der Waals surface area contributed by atoms with Crippen LogP contribution in [0.2, 0.25) is 0 Å². The fraction of sp³-hybridized carbons (Fsp3) is 0.312. The van der Waals surface area contributed by atoms with Crippen LogP contribution in [0.25, 0.3) is 0 Å². The zero-order chi connectivity index (χ0) is 28.4. The molecule has 1 atom stereocenters. The smallest absolute Gasteiger partial charge is 0.289 e. The van der Waals surface area contributed by atoms with Crippen LogP contribution in [-0.2, 0) is 24.4 Å². The summed E-state index contributed by atoms with van der Waals surface area (Å²) in [6.45, 7) is 6.67. The van der Waals surface area contributed by atoms with Gasteiger partial charge in [0.15, 0.2) is 5.76 Å². The quantitative estimate of drug-likeness (QED) is 0.270. The number of halogens is 1. The number of carbonyl (C=O) groups is 2. The van der Waals surface area contributed by atoms with E-state index in [1.54, 1.807) is 43.6 Å². The summed E-state index contributed by atoms with van der Waals surface area (Å²) in [5.41, 5.74) is 2.12. The van der Waals surface area contributed by atoms with E-state index in [4.69, 9.17) is 13.6 Å². The number of rotatable bonds is 7. The number of carbonyl (C=O) groups excluding carboxylic acids is 2. The first-order valence-corrected chi connectivity index (χ1v) is 13.3. The summed E-state index contributed by atoms with van der Waals surface area (Å²) in [5.74, 6) is 1.36. The van der Waals surface area contributed by atoms with Crippen LogP contribution in [0, 0.1) is 11.2 Å². The monoisotopic (exact) mass is 544 g/mol. The Balaban J connectivity index is 1.35. The Morgan fingerprint density at radius 3 is 2.60 bits per heavy atom. The van der Waals surface area contributed by atoms with Gasteiger partial charge in [-0.05, 0) is 71.6 Å². The highest BCUT2D eigenvalue weighted by atomic mass is 19.1. The van der Waals surface area contributed by atoms with Gasteiger partial charge in [0.05, 0.1) is 18.8 Å². The second-order valence-electron chi connectivity index (χ2n) is 11.1. The third kappa shape index (κ3) is 5.81. The maximum atomic E-state index is 14.3. The molecule has 0 fully saturated rings. The molecule has 0 saturated carbocycles. The first-order chi connectivity index (χ1) is 19.1. The fourth-order valence-corrected chi connectivity index (χ4v) is 4.99. The molecule has 2 amide bonds. The number of benzene rings is 2. The molecule has 1 aliphatic rings. The molecule has 2 aromatic heterocycles. The summed E-state index contributed by atoms with van der Waals surface area (Å²) in [5, 5.41) is 0. The number of nitrogens with zero attached hydrogens (tertiary/aromatic N) is 2. The van der Waals surface area contributed by atoms with Crippen LogP contribution >= 0.6 is 0 Å². The van der Waals surface area contributed by atoms with Crippen LogP contribution in [0.5, 0.6) is 5.75 Å². The summed E-state index contributed by atoms with van der Waals surface area (Å²) in [6, 6.07) is 18.7. The van der Waals surface area contributed by atoms with Crippen molar-refractivity contribution in [2.24, 2.45) is 5.41 Å². The van der Waals surface area contributed by atoms with Gasteiger partial charge in [0, 0.05) is 19.0 Å². The van der Waals surface area contributed by atoms with Gasteiger partial charge in [0.1, 0.15) is 29.7 Å². The Bertz CT molecular complexity index is 1500. The molecule has 2 aromatic carbocycles. The van der Waals surface area contributed by atoms with Crippen LogP contribution in [0.15, 0.2) is 81.8 Å². The minimum Gasteiger partial charge on any atom is -0.486 e. The van der Waals surface area contributed by atoms with E-state index >= 15 is 0 Å². The molecule has 0 unspecified atom stereocenters. The van der Waals surface area contributed by atoms with Crippen molar-refractivity contribution in [3.63, 3.8) is 0 Å². The normalized spacial score (nSPS) is 15.0. The molecule has 3 heterocycles. The highest BCUT2D eigenvalue weighted by Crippen LogP contribution is 2.39. The van der Waals surface area contributed by atoms with E-state index in [-0.39, 0.29) is 30.0 Å². The lowest BCUT2D eigenvalue weighted by Gasteiger charge is -2.41. The van der Waals surface area contributed by atoms with E-state index in [0.29, 0.717) is 42.3 Å². The Labute approximate surface area is 233 Å². The van der Waals surface area contributed by atoms with Crippen molar-refractivity contribution in [2.45, 2.75) is 46.4 Å². The minimum absolute atomic E-state index is 0.00327. The SMILES string of the molecule is CN(Cc1ccco1)C(=O)c1ccc(COc2ccc3c(c2)[C@H](c2cccc(F)c2)N(C(=O)C(C)(C)C)CC3)o1. The number of hydrogen-bond acceptors (Lipinski definition) is 5. The summed E-state index contributed by atoms with van der Waals surface area (Å²) < 4.78 is 31.4. The van der Waals surface area contributed by atoms with Gasteiger partial charge in [0.2, 0.25) is 5.91 Å². The molecular formula is C32H33FN2O5. The number of amides is 2. The lowest BCUT2D eigenvalue weighted by Crippen LogP contribution is -2.45. The summed E-state index contributed by atoms with van der Waals surface area (Å²) in [6.07, 6.45) is 2.26. The predicted molar refractivity (Wildman–Crippen MR) is 147 cm³/mol. The van der Waals surface area contributed by atoms with Gasteiger partial charge in [-0.3, -0.25) is 9.59 Å². The van der Waals surface area contributed by atoms with Crippen molar-refractivity contribution in [3.05, 3.63) is 113 Å². The number of fused-ring (bicyclic) bond motifs is 1. The van der Waals surface area contributed by atoms with E-state index in [1.165, 1.54) is 17.0 Å². The van der Waals surface area contributed by atoms with Crippen LogP contribution in [0.1, 0.15) is 65.6 Å². The molecule has 208 valence electrons. The van der Waals surface area contributed by atoms with Gasteiger partial charge >= 0.3 is 0 Å². The largest absolute Gasteiger partial charge is 0.486 e. The first kappa shape index (κ1) is 27.2. The lowest BCUT2D eigenvalue weighted by molar-refractivity contribution is -0.141. The van der Waals surface area contributed by atoms with Crippen molar-refractivity contribution in [3.8, 4) is 5.75 Å². The Morgan fingerprint density at radius 1 is 1.05 bits per heavy atom. The number of hydrogen-bond donors (Lipinski definition) is 0. The Hall–Kier alpha value is -4.33. The molecule has 0 radical (unpaired) electrons. The van der Waals surface area contributed by atoms with E-state index in [9.17, 15) is 14.0 Å². The van der Waals surface area contributed by atoms with Gasteiger partial charge < -0.3 is 23.4 Å². The molecular weight excluding hydrogens is 511 g/mol. The maximum absolute atomic E-state index is 14.3. The van der Waals surface area contributed by atoms with E-state index in [1.807, 2.05) is 49.9 Å². The van der Waals surface area contributed by atoms with Gasteiger partial charge in [-0.25, -0.2) is 4.39 Å². The lowest BCUT2D eigenvalue weighted by atomic mass is 9.85. The maximum Gasteiger partial charge on any atom is 0.289 e. The second-order valence-corrected chi connectivity index (χ2v) is 11.1. The molecule has 0 aliphatic carbocycles. The minimum atomic E-state index is -0.586. The highest BCUT2D eigenvalue weighted by molar-refractivity contribution is 5.91. The highest BCUT2D eigenvalue weighted by Gasteiger charge is 2.37. The van der Waals surface area contributed by atoms with Crippen molar-refractivity contribution in [1.82, 2.24) is 9.80 Å². The van der Waals surface area contributed by atoms with Gasteiger partial charge in [-0.2, -0.15) is 0 Å². The number of ether oxygens (including phenoxy) is 1. The summed E-state index contributed by atoms with van der Waals surface area (Å²) in [7, 11) is 1.68. The second kappa shape index (κ2) is 11.0. The van der Waals surface area contributed by atoms with Crippen LogP contribution in [0.3, 0.4) is 0 Å². The van der Waals surface area contributed by atoms with Crippen molar-refractivity contribution >= 4 is 11.8 Å². The van der Waals surface area contributed by atoms with Crippen molar-refractivity contribution in [2.75, 3.05) is 13.6 Å². The van der Waals surface area contributed by atoms with E-state index in [0.717, 1.165) is 11.1 Å². The average molecular weight is 545 g/mol. The molecule has 8 heteroatoms. The average Bonchev–Trinajstić information content (AvgIpc) is 3.62. The first-order valence-electron chi connectivity index (χ1n) is 13.3. The summed E-state index contributed by atoms with van der Waals surface area (Å²) >= 11 is 0. The standard InChI is InChI=1S/C32H33FN2O5/c1-32(2,3)31(37)35-15-14-21-10-11-24(18-27(21)29(35)22-7-5-8-23(33)17-22)39-20-26-12-13-28(40-26)30(36)34(4)19-25-9-6-16-38-25/h5-13,16-18,29H,14-15,19-20H2,1-4H3/t29-/m0/s1. The fourth-order valence-electron chi connectivity index (χ4n) is 4.99. The van der Waals surface area contributed by atoms with E-state index in [2.05, 4.69) is 0 Å². The molecule has 5 rings (SSSR count). The molecule has 0 bridgehead atoms. The van der Waals surface area contributed by atoms with Crippen LogP contribution < -0.4 is 4.74 Å². The molecule has 40 heavy (non-hydrogen) atoms. The summed E-state index contributed by atoms with van der Waals surface area (Å²) in [4.78, 5) is 29.6. The molecule has 0 spiro atoms. The van der Waals surface area contributed by atoms with E-state index < -0.39 is 11.5 Å². The third-order valence-electron chi connectivity index (χ3n) is 6.99. The predicted octanol–water partition coefficient (Wildman–Crippen LogP) is 6.38. The van der Waals surface area contributed by atoms with Gasteiger partial charge in [-0.15, -0.1) is 0 Å². The molecule has 0 N–H and O–H groups in total. The third-order valence-corrected chi connectivity index (χ3v) is 6.99.